The van der Waals surface area contributed by atoms with Crippen LogP contribution in [0.5, 0.6) is 0 Å². The highest BCUT2D eigenvalue weighted by Crippen LogP contribution is 2.74. The Morgan fingerprint density at radius 2 is 1.95 bits per heavy atom. The first-order valence-corrected chi connectivity index (χ1v) is 13.5. The lowest BCUT2D eigenvalue weighted by molar-refractivity contribution is -0.215. The Morgan fingerprint density at radius 3 is 2.62 bits per heavy atom. The summed E-state index contributed by atoms with van der Waals surface area (Å²) < 4.78 is 18.2. The number of ketones is 1. The monoisotopic (exact) mass is 506 g/mol. The predicted molar refractivity (Wildman–Crippen MR) is 137 cm³/mol. The van der Waals surface area contributed by atoms with Crippen LogP contribution in [0.2, 0.25) is 0 Å². The van der Waals surface area contributed by atoms with Gasteiger partial charge in [0.1, 0.15) is 6.10 Å². The zero-order chi connectivity index (χ0) is 26.5. The molecule has 198 valence electrons. The van der Waals surface area contributed by atoms with E-state index in [1.807, 2.05) is 19.1 Å². The normalized spacial score (nSPS) is 48.2. The lowest BCUT2D eigenvalue weighted by Gasteiger charge is -2.66. The van der Waals surface area contributed by atoms with Crippen LogP contribution in [0, 0.1) is 33.5 Å². The van der Waals surface area contributed by atoms with Gasteiger partial charge in [-0.2, -0.15) is 0 Å². The van der Waals surface area contributed by atoms with Gasteiger partial charge in [0.2, 0.25) is 0 Å². The van der Waals surface area contributed by atoms with Gasteiger partial charge in [-0.15, -0.1) is 0 Å². The zero-order valence-electron chi connectivity index (χ0n) is 22.6. The largest absolute Gasteiger partial charge is 0.472 e. The number of furan rings is 1. The molecule has 5 aliphatic rings. The van der Waals surface area contributed by atoms with Gasteiger partial charge in [0, 0.05) is 39.1 Å². The second-order valence-electron chi connectivity index (χ2n) is 12.9. The summed E-state index contributed by atoms with van der Waals surface area (Å²) in [5.41, 5.74) is 0.318. The van der Waals surface area contributed by atoms with Crippen molar-refractivity contribution in [3.63, 3.8) is 0 Å². The van der Waals surface area contributed by atoms with Crippen LogP contribution in [-0.2, 0) is 19.1 Å². The van der Waals surface area contributed by atoms with Crippen molar-refractivity contribution in [3.8, 4) is 0 Å². The smallest absolute Gasteiger partial charge is 0.333 e. The highest BCUT2D eigenvalue weighted by molar-refractivity contribution is 5.97. The van der Waals surface area contributed by atoms with E-state index in [2.05, 4.69) is 33.8 Å². The predicted octanol–water partition coefficient (Wildman–Crippen LogP) is 5.14. The standard InChI is InChI=1S/C31H38O6/c1-7-17(2)27(34)37-23-14-21-30(5,20-9-8-19(29(20,23)4)18-11-13-35-15-18)26(33)24-25-28(3,16-36-24)12-10-22(32)31(21,25)6/h7,9-13,15,19,21,23-26,33H,8,14,16H2,1-6H3/t19-,21-,23-,24+,25-,26+,28-,29-,30-,31-/m0/s1. The molecule has 0 bridgehead atoms. The summed E-state index contributed by atoms with van der Waals surface area (Å²) >= 11 is 0. The van der Waals surface area contributed by atoms with Crippen LogP contribution in [-0.4, -0.2) is 41.8 Å². The lowest BCUT2D eigenvalue weighted by atomic mass is 9.37. The Hall–Kier alpha value is -2.44. The Labute approximate surface area is 218 Å². The third-order valence-corrected chi connectivity index (χ3v) is 11.3. The molecule has 1 aromatic heterocycles. The van der Waals surface area contributed by atoms with E-state index < -0.39 is 34.6 Å². The number of allylic oxidation sites excluding steroid dienone is 3. The van der Waals surface area contributed by atoms with Crippen LogP contribution in [0.3, 0.4) is 0 Å². The fourth-order valence-corrected chi connectivity index (χ4v) is 9.29. The molecule has 0 radical (unpaired) electrons. The molecular formula is C31H38O6. The second kappa shape index (κ2) is 7.79. The summed E-state index contributed by atoms with van der Waals surface area (Å²) in [6.45, 7) is 12.6. The highest BCUT2D eigenvalue weighted by Gasteiger charge is 2.76. The molecule has 3 fully saturated rings. The maximum absolute atomic E-state index is 13.8. The molecule has 0 aromatic carbocycles. The van der Waals surface area contributed by atoms with Gasteiger partial charge in [0.25, 0.3) is 0 Å². The van der Waals surface area contributed by atoms with E-state index in [0.717, 1.165) is 17.6 Å². The molecule has 6 heteroatoms. The van der Waals surface area contributed by atoms with Crippen molar-refractivity contribution in [2.75, 3.05) is 6.61 Å². The van der Waals surface area contributed by atoms with Gasteiger partial charge in [-0.05, 0) is 50.3 Å². The van der Waals surface area contributed by atoms with Crippen molar-refractivity contribution in [1.29, 1.82) is 0 Å². The minimum atomic E-state index is -0.778. The zero-order valence-corrected chi connectivity index (χ0v) is 22.6. The third-order valence-electron chi connectivity index (χ3n) is 11.3. The van der Waals surface area contributed by atoms with E-state index in [-0.39, 0.29) is 34.9 Å². The van der Waals surface area contributed by atoms with Gasteiger partial charge < -0.3 is 19.0 Å². The van der Waals surface area contributed by atoms with Gasteiger partial charge in [0.15, 0.2) is 5.78 Å². The number of aliphatic hydroxyl groups excluding tert-OH is 1. The molecule has 1 aliphatic heterocycles. The van der Waals surface area contributed by atoms with Crippen LogP contribution in [0.4, 0.5) is 0 Å². The number of hydrogen-bond acceptors (Lipinski definition) is 6. The number of carbonyl (C=O) groups excluding carboxylic acids is 2. The van der Waals surface area contributed by atoms with Crippen molar-refractivity contribution in [1.82, 2.24) is 0 Å². The Morgan fingerprint density at radius 1 is 1.19 bits per heavy atom. The molecule has 1 aromatic rings. The average molecular weight is 507 g/mol. The van der Waals surface area contributed by atoms with Crippen molar-refractivity contribution in [2.45, 2.75) is 78.6 Å². The lowest BCUT2D eigenvalue weighted by Crippen LogP contribution is -2.71. The van der Waals surface area contributed by atoms with Gasteiger partial charge in [-0.25, -0.2) is 4.79 Å². The first-order chi connectivity index (χ1) is 17.4. The Kier molecular flexibility index (Phi) is 5.24. The molecule has 4 aliphatic carbocycles. The topological polar surface area (TPSA) is 86.0 Å². The van der Waals surface area contributed by atoms with E-state index in [4.69, 9.17) is 13.9 Å². The highest BCUT2D eigenvalue weighted by atomic mass is 16.5. The summed E-state index contributed by atoms with van der Waals surface area (Å²) in [6, 6.07) is 1.98. The first kappa shape index (κ1) is 24.9. The molecule has 6 nitrogen and oxygen atoms in total. The fourth-order valence-electron chi connectivity index (χ4n) is 9.29. The minimum absolute atomic E-state index is 0.0252. The number of rotatable bonds is 3. The number of hydrogen-bond donors (Lipinski definition) is 1. The average Bonchev–Trinajstić information content (AvgIpc) is 3.60. The van der Waals surface area contributed by atoms with Gasteiger partial charge in [-0.1, -0.05) is 51.5 Å². The Balaban J connectivity index is 1.54. The maximum Gasteiger partial charge on any atom is 0.333 e. The van der Waals surface area contributed by atoms with E-state index in [9.17, 15) is 14.7 Å². The summed E-state index contributed by atoms with van der Waals surface area (Å²) in [4.78, 5) is 27.0. The molecular weight excluding hydrogens is 468 g/mol. The number of carbonyl (C=O) groups is 2. The van der Waals surface area contributed by atoms with E-state index in [0.29, 0.717) is 18.6 Å². The van der Waals surface area contributed by atoms with E-state index >= 15 is 0 Å². The molecule has 0 spiro atoms. The molecule has 0 amide bonds. The van der Waals surface area contributed by atoms with E-state index in [1.165, 1.54) is 0 Å². The number of aliphatic hydroxyl groups is 1. The maximum atomic E-state index is 13.8. The van der Waals surface area contributed by atoms with Crippen molar-refractivity contribution in [2.24, 2.45) is 33.5 Å². The molecule has 1 N–H and O–H groups in total. The molecule has 37 heavy (non-hydrogen) atoms. The Bertz CT molecular complexity index is 1240. The number of ether oxygens (including phenoxy) is 2. The summed E-state index contributed by atoms with van der Waals surface area (Å²) in [5, 5.41) is 12.1. The SMILES string of the molecule is CC=C(C)C(=O)O[C@H]1C[C@H]2[C@](C)(C3=CC[C@@H](c4ccoc4)[C@@]31C)[C@H](O)[C@@H]1OC[C@]3(C)C=CC(=O)[C@@]2(C)[C@@H]13. The van der Waals surface area contributed by atoms with Gasteiger partial charge in [-0.3, -0.25) is 4.79 Å². The molecule has 1 saturated heterocycles. The van der Waals surface area contributed by atoms with Crippen LogP contribution in [0.25, 0.3) is 0 Å². The van der Waals surface area contributed by atoms with Gasteiger partial charge in [0.05, 0.1) is 31.3 Å². The molecule has 0 unspecified atom stereocenters. The first-order valence-electron chi connectivity index (χ1n) is 13.5. The van der Waals surface area contributed by atoms with E-state index in [1.54, 1.807) is 31.6 Å². The molecule has 2 heterocycles. The van der Waals surface area contributed by atoms with Gasteiger partial charge >= 0.3 is 5.97 Å². The van der Waals surface area contributed by atoms with Crippen LogP contribution < -0.4 is 0 Å². The fraction of sp³-hybridized carbons (Fsp3) is 0.613. The summed E-state index contributed by atoms with van der Waals surface area (Å²) in [7, 11) is 0. The number of esters is 1. The third kappa shape index (κ3) is 2.89. The summed E-state index contributed by atoms with van der Waals surface area (Å²) in [5.74, 6) is -0.594. The van der Waals surface area contributed by atoms with Crippen molar-refractivity contribution < 1.29 is 28.6 Å². The minimum Gasteiger partial charge on any atom is -0.472 e. The van der Waals surface area contributed by atoms with Crippen LogP contribution in [0.1, 0.15) is 65.9 Å². The van der Waals surface area contributed by atoms with Crippen LogP contribution >= 0.6 is 0 Å². The van der Waals surface area contributed by atoms with Crippen molar-refractivity contribution in [3.05, 3.63) is 59.6 Å². The molecule has 2 saturated carbocycles. The van der Waals surface area contributed by atoms with Crippen molar-refractivity contribution >= 4 is 11.8 Å². The number of fused-ring (bicyclic) bond motifs is 4. The second-order valence-corrected chi connectivity index (χ2v) is 12.9. The molecule has 6 rings (SSSR count). The van der Waals surface area contributed by atoms with Crippen LogP contribution in [0.15, 0.2) is 58.5 Å². The summed E-state index contributed by atoms with van der Waals surface area (Å²) in [6.07, 6.45) is 10.7. The quantitative estimate of drug-likeness (QED) is 0.347. The molecule has 10 atom stereocenters.